The highest BCUT2D eigenvalue weighted by Gasteiger charge is 2.35. The van der Waals surface area contributed by atoms with Gasteiger partial charge in [0.2, 0.25) is 0 Å². The van der Waals surface area contributed by atoms with Crippen molar-refractivity contribution in [2.75, 3.05) is 6.54 Å². The van der Waals surface area contributed by atoms with E-state index >= 15 is 0 Å². The van der Waals surface area contributed by atoms with Crippen molar-refractivity contribution in [3.05, 3.63) is 47.8 Å². The van der Waals surface area contributed by atoms with Crippen molar-refractivity contribution in [3.8, 4) is 5.69 Å². The first kappa shape index (κ1) is 16.6. The minimum atomic E-state index is -0.0991. The molecule has 128 valence electrons. The minimum absolute atomic E-state index is 0.00179. The molecule has 2 aromatic rings. The number of para-hydroxylation sites is 1. The molecule has 1 unspecified atom stereocenters. The molecule has 0 saturated heterocycles. The molecule has 0 radical (unpaired) electrons. The number of nitrogens with one attached hydrogen (secondary N) is 2. The molecular weight excluding hydrogens is 300 g/mol. The molecule has 5 nitrogen and oxygen atoms in total. The molecule has 1 atom stereocenters. The molecule has 5 heteroatoms. The topological polar surface area (TPSA) is 59.0 Å². The van der Waals surface area contributed by atoms with Gasteiger partial charge in [-0.1, -0.05) is 39.0 Å². The Labute approximate surface area is 143 Å². The first-order chi connectivity index (χ1) is 11.5. The third-order valence-electron chi connectivity index (χ3n) is 4.52. The predicted octanol–water partition coefficient (Wildman–Crippen LogP) is 3.60. The van der Waals surface area contributed by atoms with E-state index < -0.39 is 0 Å². The summed E-state index contributed by atoms with van der Waals surface area (Å²) in [6.07, 6.45) is 4.70. The molecule has 1 aliphatic carbocycles. The second-order valence-corrected chi connectivity index (χ2v) is 7.29. The number of rotatable bonds is 4. The summed E-state index contributed by atoms with van der Waals surface area (Å²) in [6, 6.07) is 10.1. The van der Waals surface area contributed by atoms with Crippen molar-refractivity contribution < 1.29 is 4.79 Å². The van der Waals surface area contributed by atoms with Gasteiger partial charge in [-0.2, -0.15) is 5.10 Å². The van der Waals surface area contributed by atoms with Crippen LogP contribution in [-0.4, -0.2) is 22.4 Å². The molecule has 0 fully saturated rings. The van der Waals surface area contributed by atoms with Crippen molar-refractivity contribution >= 4 is 6.03 Å². The Hall–Kier alpha value is -2.30. The second-order valence-electron chi connectivity index (χ2n) is 7.29. The monoisotopic (exact) mass is 326 g/mol. The van der Waals surface area contributed by atoms with Gasteiger partial charge in [-0.15, -0.1) is 0 Å². The van der Waals surface area contributed by atoms with E-state index in [-0.39, 0.29) is 17.5 Å². The van der Waals surface area contributed by atoms with E-state index in [1.807, 2.05) is 36.0 Å². The van der Waals surface area contributed by atoms with Gasteiger partial charge < -0.3 is 10.6 Å². The van der Waals surface area contributed by atoms with Crippen molar-refractivity contribution in [3.63, 3.8) is 0 Å². The molecule has 2 N–H and O–H groups in total. The van der Waals surface area contributed by atoms with Crippen LogP contribution in [0, 0.1) is 5.41 Å². The van der Waals surface area contributed by atoms with Crippen molar-refractivity contribution in [2.45, 2.75) is 46.1 Å². The molecule has 0 bridgehead atoms. The average molecular weight is 326 g/mol. The van der Waals surface area contributed by atoms with Crippen LogP contribution in [0.5, 0.6) is 0 Å². The molecular formula is C19H26N4O. The Kier molecular flexibility index (Phi) is 4.60. The molecule has 0 aliphatic heterocycles. The predicted molar refractivity (Wildman–Crippen MR) is 95.2 cm³/mol. The SMILES string of the molecule is CCCNC(=O)NC1CC(C)(C)Cc2c1cnn2-c1ccccc1. The highest BCUT2D eigenvalue weighted by Crippen LogP contribution is 2.41. The number of fused-ring (bicyclic) bond motifs is 1. The lowest BCUT2D eigenvalue weighted by molar-refractivity contribution is 0.221. The van der Waals surface area contributed by atoms with Gasteiger partial charge in [0.15, 0.2) is 0 Å². The first-order valence-electron chi connectivity index (χ1n) is 8.67. The number of nitrogens with zero attached hydrogens (tertiary/aromatic N) is 2. The molecule has 0 spiro atoms. The normalized spacial score (nSPS) is 18.7. The van der Waals surface area contributed by atoms with E-state index in [0.29, 0.717) is 6.54 Å². The Morgan fingerprint density at radius 1 is 1.33 bits per heavy atom. The average Bonchev–Trinajstić information content (AvgIpc) is 2.96. The van der Waals surface area contributed by atoms with Gasteiger partial charge in [0.1, 0.15) is 0 Å². The summed E-state index contributed by atoms with van der Waals surface area (Å²) < 4.78 is 2.01. The van der Waals surface area contributed by atoms with Crippen LogP contribution >= 0.6 is 0 Å². The van der Waals surface area contributed by atoms with Crippen molar-refractivity contribution in [1.29, 1.82) is 0 Å². The zero-order valence-electron chi connectivity index (χ0n) is 14.7. The van der Waals surface area contributed by atoms with Crippen LogP contribution in [-0.2, 0) is 6.42 Å². The summed E-state index contributed by atoms with van der Waals surface area (Å²) in [6.45, 7) is 7.23. The maximum atomic E-state index is 12.1. The zero-order valence-corrected chi connectivity index (χ0v) is 14.7. The molecule has 1 heterocycles. The maximum Gasteiger partial charge on any atom is 0.315 e. The van der Waals surface area contributed by atoms with Gasteiger partial charge in [-0.25, -0.2) is 9.48 Å². The Morgan fingerprint density at radius 3 is 2.79 bits per heavy atom. The van der Waals surface area contributed by atoms with Crippen LogP contribution in [0.25, 0.3) is 5.69 Å². The highest BCUT2D eigenvalue weighted by molar-refractivity contribution is 5.74. The van der Waals surface area contributed by atoms with Gasteiger partial charge in [-0.3, -0.25) is 0 Å². The fraction of sp³-hybridized carbons (Fsp3) is 0.474. The van der Waals surface area contributed by atoms with Gasteiger partial charge in [0.25, 0.3) is 0 Å². The van der Waals surface area contributed by atoms with E-state index in [0.717, 1.165) is 30.5 Å². The van der Waals surface area contributed by atoms with E-state index in [1.54, 1.807) is 0 Å². The molecule has 1 aromatic heterocycles. The standard InChI is InChI=1S/C19H26N4O/c1-4-10-20-18(24)22-16-11-19(2,3)12-17-15(16)13-21-23(17)14-8-6-5-7-9-14/h5-9,13,16H,4,10-12H2,1-3H3,(H2,20,22,24). The summed E-state index contributed by atoms with van der Waals surface area (Å²) in [5, 5.41) is 10.6. The third kappa shape index (κ3) is 3.45. The molecule has 0 saturated carbocycles. The van der Waals surface area contributed by atoms with Crippen LogP contribution in [0.15, 0.2) is 36.5 Å². The summed E-state index contributed by atoms with van der Waals surface area (Å²) in [5.74, 6) is 0. The molecule has 1 aromatic carbocycles. The fourth-order valence-corrected chi connectivity index (χ4v) is 3.41. The van der Waals surface area contributed by atoms with Crippen LogP contribution in [0.1, 0.15) is 50.9 Å². The summed E-state index contributed by atoms with van der Waals surface area (Å²) in [7, 11) is 0. The van der Waals surface area contributed by atoms with E-state index in [9.17, 15) is 4.79 Å². The number of hydrogen-bond acceptors (Lipinski definition) is 2. The van der Waals surface area contributed by atoms with Crippen LogP contribution in [0.3, 0.4) is 0 Å². The Balaban J connectivity index is 1.90. The number of carbonyl (C=O) groups is 1. The Morgan fingerprint density at radius 2 is 2.08 bits per heavy atom. The first-order valence-corrected chi connectivity index (χ1v) is 8.67. The third-order valence-corrected chi connectivity index (χ3v) is 4.52. The van der Waals surface area contributed by atoms with Crippen LogP contribution in [0.4, 0.5) is 4.79 Å². The lowest BCUT2D eigenvalue weighted by atomic mass is 9.74. The zero-order chi connectivity index (χ0) is 17.2. The van der Waals surface area contributed by atoms with E-state index in [1.165, 1.54) is 5.69 Å². The number of hydrogen-bond donors (Lipinski definition) is 2. The number of benzene rings is 1. The lowest BCUT2D eigenvalue weighted by Gasteiger charge is -2.36. The summed E-state index contributed by atoms with van der Waals surface area (Å²) in [4.78, 5) is 12.1. The van der Waals surface area contributed by atoms with Gasteiger partial charge in [0.05, 0.1) is 23.6 Å². The number of carbonyl (C=O) groups excluding carboxylic acids is 1. The lowest BCUT2D eigenvalue weighted by Crippen LogP contribution is -2.42. The number of urea groups is 1. The quantitative estimate of drug-likeness (QED) is 0.902. The summed E-state index contributed by atoms with van der Waals surface area (Å²) >= 11 is 0. The molecule has 3 rings (SSSR count). The van der Waals surface area contributed by atoms with Gasteiger partial charge in [0, 0.05) is 12.1 Å². The van der Waals surface area contributed by atoms with E-state index in [4.69, 9.17) is 0 Å². The highest BCUT2D eigenvalue weighted by atomic mass is 16.2. The smallest absolute Gasteiger partial charge is 0.315 e. The number of amides is 2. The van der Waals surface area contributed by atoms with Crippen molar-refractivity contribution in [2.24, 2.45) is 5.41 Å². The Bertz CT molecular complexity index is 705. The molecule has 24 heavy (non-hydrogen) atoms. The minimum Gasteiger partial charge on any atom is -0.338 e. The maximum absolute atomic E-state index is 12.1. The summed E-state index contributed by atoms with van der Waals surface area (Å²) in [5.41, 5.74) is 3.50. The molecule has 1 aliphatic rings. The van der Waals surface area contributed by atoms with Gasteiger partial charge in [-0.05, 0) is 36.8 Å². The second kappa shape index (κ2) is 6.67. The molecule has 2 amide bonds. The number of aromatic nitrogens is 2. The van der Waals surface area contributed by atoms with E-state index in [2.05, 4.69) is 41.7 Å². The van der Waals surface area contributed by atoms with Gasteiger partial charge >= 0.3 is 6.03 Å². The largest absolute Gasteiger partial charge is 0.338 e. The van der Waals surface area contributed by atoms with Crippen molar-refractivity contribution in [1.82, 2.24) is 20.4 Å². The fourth-order valence-electron chi connectivity index (χ4n) is 3.41. The van der Waals surface area contributed by atoms with Crippen LogP contribution < -0.4 is 10.6 Å². The van der Waals surface area contributed by atoms with Crippen LogP contribution in [0.2, 0.25) is 0 Å².